The average molecular weight is 339 g/mol. The van der Waals surface area contributed by atoms with Crippen molar-refractivity contribution in [3.63, 3.8) is 0 Å². The maximum atomic E-state index is 10.4. The number of pyridine rings is 1. The highest BCUT2D eigenvalue weighted by molar-refractivity contribution is 5.42. The van der Waals surface area contributed by atoms with Gasteiger partial charge >= 0.3 is 0 Å². The van der Waals surface area contributed by atoms with Crippen molar-refractivity contribution in [1.82, 2.24) is 14.7 Å². The average Bonchev–Trinajstić information content (AvgIpc) is 2.96. The van der Waals surface area contributed by atoms with Crippen LogP contribution in [0, 0.1) is 6.92 Å². The number of nitrogens with zero attached hydrogens (tertiary/aromatic N) is 2. The zero-order valence-electron chi connectivity index (χ0n) is 14.9. The van der Waals surface area contributed by atoms with Crippen LogP contribution in [0.4, 0.5) is 0 Å². The van der Waals surface area contributed by atoms with E-state index in [1.54, 1.807) is 0 Å². The van der Waals surface area contributed by atoms with E-state index in [4.69, 9.17) is 4.74 Å². The van der Waals surface area contributed by atoms with Crippen molar-refractivity contribution in [2.75, 3.05) is 6.54 Å². The molecule has 0 radical (unpaired) electrons. The molecular formula is C20H25N3O2. The highest BCUT2D eigenvalue weighted by Gasteiger charge is 2.10. The van der Waals surface area contributed by atoms with Gasteiger partial charge in [0.05, 0.1) is 24.1 Å². The monoisotopic (exact) mass is 339 g/mol. The van der Waals surface area contributed by atoms with Gasteiger partial charge in [0, 0.05) is 19.3 Å². The van der Waals surface area contributed by atoms with Gasteiger partial charge in [-0.15, -0.1) is 0 Å². The van der Waals surface area contributed by atoms with Crippen LogP contribution in [0.2, 0.25) is 0 Å². The van der Waals surface area contributed by atoms with Gasteiger partial charge in [-0.1, -0.05) is 12.1 Å². The number of rotatable bonds is 7. The molecule has 3 rings (SSSR count). The van der Waals surface area contributed by atoms with E-state index in [9.17, 15) is 5.11 Å². The number of fused-ring (bicyclic) bond motifs is 1. The maximum absolute atomic E-state index is 10.4. The fraction of sp³-hybridized carbons (Fsp3) is 0.350. The molecular weight excluding hydrogens is 314 g/mol. The first-order chi connectivity index (χ1) is 12.0. The maximum Gasteiger partial charge on any atom is 0.137 e. The summed E-state index contributed by atoms with van der Waals surface area (Å²) in [6.45, 7) is 7.14. The lowest BCUT2D eigenvalue weighted by Gasteiger charge is -2.15. The van der Waals surface area contributed by atoms with Crippen LogP contribution < -0.4 is 10.1 Å². The van der Waals surface area contributed by atoms with Crippen LogP contribution in [0.1, 0.15) is 36.8 Å². The second kappa shape index (κ2) is 7.68. The quantitative estimate of drug-likeness (QED) is 0.694. The highest BCUT2D eigenvalue weighted by atomic mass is 16.5. The normalized spacial score (nSPS) is 12.7. The summed E-state index contributed by atoms with van der Waals surface area (Å²) in [4.78, 5) is 4.42. The predicted octanol–water partition coefficient (Wildman–Crippen LogP) is 3.25. The third-order valence-corrected chi connectivity index (χ3v) is 4.00. The van der Waals surface area contributed by atoms with Crippen molar-refractivity contribution in [1.29, 1.82) is 0 Å². The lowest BCUT2D eigenvalue weighted by Crippen LogP contribution is -2.21. The lowest BCUT2D eigenvalue weighted by atomic mass is 10.1. The van der Waals surface area contributed by atoms with Gasteiger partial charge in [0.2, 0.25) is 0 Å². The van der Waals surface area contributed by atoms with Gasteiger partial charge in [-0.25, -0.2) is 4.98 Å². The summed E-state index contributed by atoms with van der Waals surface area (Å²) in [5.74, 6) is 0.781. The Morgan fingerprint density at radius 1 is 1.24 bits per heavy atom. The number of aliphatic hydroxyl groups is 1. The number of aryl methyl sites for hydroxylation is 1. The molecule has 2 heterocycles. The van der Waals surface area contributed by atoms with Crippen molar-refractivity contribution >= 4 is 5.65 Å². The number of ether oxygens (including phenoxy) is 1. The highest BCUT2D eigenvalue weighted by Crippen LogP contribution is 2.20. The van der Waals surface area contributed by atoms with Gasteiger partial charge in [0.1, 0.15) is 11.4 Å². The molecule has 2 aromatic heterocycles. The molecule has 0 spiro atoms. The minimum Gasteiger partial charge on any atom is -0.491 e. The molecule has 1 aromatic carbocycles. The van der Waals surface area contributed by atoms with Crippen LogP contribution in [0.25, 0.3) is 5.65 Å². The lowest BCUT2D eigenvalue weighted by molar-refractivity contribution is 0.173. The molecule has 2 N–H and O–H groups in total. The number of aliphatic hydroxyl groups excluding tert-OH is 1. The number of hydrogen-bond donors (Lipinski definition) is 2. The molecule has 25 heavy (non-hydrogen) atoms. The van der Waals surface area contributed by atoms with E-state index in [1.807, 2.05) is 50.5 Å². The van der Waals surface area contributed by atoms with Gasteiger partial charge < -0.3 is 19.6 Å². The second-order valence-electron chi connectivity index (χ2n) is 6.57. The molecule has 0 aliphatic rings. The largest absolute Gasteiger partial charge is 0.491 e. The molecule has 0 aliphatic carbocycles. The Kier molecular flexibility index (Phi) is 5.36. The summed E-state index contributed by atoms with van der Waals surface area (Å²) in [7, 11) is 0. The van der Waals surface area contributed by atoms with Crippen molar-refractivity contribution in [2.24, 2.45) is 0 Å². The van der Waals surface area contributed by atoms with Gasteiger partial charge in [-0.3, -0.25) is 0 Å². The topological polar surface area (TPSA) is 58.8 Å². The Labute approximate surface area is 148 Å². The first-order valence-electron chi connectivity index (χ1n) is 8.61. The van der Waals surface area contributed by atoms with E-state index in [-0.39, 0.29) is 6.10 Å². The molecule has 5 heteroatoms. The van der Waals surface area contributed by atoms with E-state index in [2.05, 4.69) is 33.8 Å². The molecule has 3 aromatic rings. The Hall–Kier alpha value is -2.37. The number of imidazole rings is 1. The molecule has 1 unspecified atom stereocenters. The number of nitrogens with one attached hydrogen (secondary N) is 1. The molecule has 0 bridgehead atoms. The fourth-order valence-electron chi connectivity index (χ4n) is 2.79. The summed E-state index contributed by atoms with van der Waals surface area (Å²) in [5.41, 5.74) is 4.05. The molecule has 0 aliphatic heterocycles. The molecule has 0 amide bonds. The minimum absolute atomic E-state index is 0.115. The third kappa shape index (κ3) is 4.38. The standard InChI is InChI=1S/C20H25N3O2/c1-14(2)25-18-6-4-5-16(10-18)19(24)13-21-11-17-12-22-20-9-15(3)7-8-23(17)20/h4-10,12,14,19,21,24H,11,13H2,1-3H3. The smallest absolute Gasteiger partial charge is 0.137 e. The van der Waals surface area contributed by atoms with Crippen molar-refractivity contribution < 1.29 is 9.84 Å². The zero-order chi connectivity index (χ0) is 17.8. The minimum atomic E-state index is -0.586. The molecule has 1 atom stereocenters. The van der Waals surface area contributed by atoms with Crippen LogP contribution in [0.15, 0.2) is 48.8 Å². The van der Waals surface area contributed by atoms with Crippen LogP contribution >= 0.6 is 0 Å². The fourth-order valence-corrected chi connectivity index (χ4v) is 2.79. The summed E-state index contributed by atoms with van der Waals surface area (Å²) >= 11 is 0. The van der Waals surface area contributed by atoms with Crippen LogP contribution in [0.3, 0.4) is 0 Å². The third-order valence-electron chi connectivity index (χ3n) is 4.00. The summed E-state index contributed by atoms with van der Waals surface area (Å²) in [6.07, 6.45) is 3.42. The summed E-state index contributed by atoms with van der Waals surface area (Å²) in [5, 5.41) is 13.7. The SMILES string of the molecule is Cc1ccn2c(CNCC(O)c3cccc(OC(C)C)c3)cnc2c1. The van der Waals surface area contributed by atoms with Crippen molar-refractivity contribution in [3.8, 4) is 5.75 Å². The molecule has 5 nitrogen and oxygen atoms in total. The Morgan fingerprint density at radius 2 is 2.08 bits per heavy atom. The van der Waals surface area contributed by atoms with E-state index >= 15 is 0 Å². The number of benzene rings is 1. The summed E-state index contributed by atoms with van der Waals surface area (Å²) in [6, 6.07) is 11.7. The van der Waals surface area contributed by atoms with Crippen LogP contribution in [0.5, 0.6) is 5.75 Å². The summed E-state index contributed by atoms with van der Waals surface area (Å²) < 4.78 is 7.74. The van der Waals surface area contributed by atoms with Gasteiger partial charge in [-0.2, -0.15) is 0 Å². The van der Waals surface area contributed by atoms with E-state index in [0.29, 0.717) is 13.1 Å². The Morgan fingerprint density at radius 3 is 2.88 bits per heavy atom. The van der Waals surface area contributed by atoms with E-state index in [0.717, 1.165) is 22.7 Å². The Balaban J connectivity index is 1.59. The van der Waals surface area contributed by atoms with Crippen LogP contribution in [-0.4, -0.2) is 27.1 Å². The number of hydrogen-bond acceptors (Lipinski definition) is 4. The van der Waals surface area contributed by atoms with Crippen molar-refractivity contribution in [2.45, 2.75) is 39.5 Å². The van der Waals surface area contributed by atoms with Crippen molar-refractivity contribution in [3.05, 3.63) is 65.6 Å². The zero-order valence-corrected chi connectivity index (χ0v) is 14.9. The first kappa shape index (κ1) is 17.5. The molecule has 0 saturated heterocycles. The predicted molar refractivity (Wildman–Crippen MR) is 98.8 cm³/mol. The van der Waals surface area contributed by atoms with Gasteiger partial charge in [0.15, 0.2) is 0 Å². The first-order valence-corrected chi connectivity index (χ1v) is 8.61. The second-order valence-corrected chi connectivity index (χ2v) is 6.57. The van der Waals surface area contributed by atoms with Gasteiger partial charge in [-0.05, 0) is 56.2 Å². The molecule has 132 valence electrons. The number of aromatic nitrogens is 2. The van der Waals surface area contributed by atoms with Crippen LogP contribution in [-0.2, 0) is 6.54 Å². The van der Waals surface area contributed by atoms with Gasteiger partial charge in [0.25, 0.3) is 0 Å². The molecule has 0 saturated carbocycles. The molecule has 0 fully saturated rings. The Bertz CT molecular complexity index is 842. The van der Waals surface area contributed by atoms with E-state index < -0.39 is 6.10 Å². The van der Waals surface area contributed by atoms with E-state index in [1.165, 1.54) is 5.56 Å².